The lowest BCUT2D eigenvalue weighted by Crippen LogP contribution is -2.12. The number of ketones is 1. The molecule has 0 amide bonds. The van der Waals surface area contributed by atoms with Gasteiger partial charge in [-0.25, -0.2) is 4.68 Å². The van der Waals surface area contributed by atoms with Crippen LogP contribution in [-0.4, -0.2) is 30.4 Å². The smallest absolute Gasteiger partial charge is 0.226 e. The van der Waals surface area contributed by atoms with Gasteiger partial charge in [0.2, 0.25) is 5.78 Å². The first-order valence-electron chi connectivity index (χ1n) is 6.02. The van der Waals surface area contributed by atoms with Crippen molar-refractivity contribution < 1.29 is 4.79 Å². The molecule has 18 heavy (non-hydrogen) atoms. The number of aryl methyl sites for hydroxylation is 2. The van der Waals surface area contributed by atoms with Gasteiger partial charge >= 0.3 is 0 Å². The molecule has 2 rings (SSSR count). The molecule has 96 valence electrons. The minimum atomic E-state index is -0.0769. The number of aromatic nitrogens is 5. The van der Waals surface area contributed by atoms with Crippen molar-refractivity contribution in [2.75, 3.05) is 0 Å². The highest BCUT2D eigenvalue weighted by Crippen LogP contribution is 2.17. The number of carbonyl (C=O) groups excluding carboxylic acids is 1. The number of hydrogen-bond acceptors (Lipinski definition) is 6. The van der Waals surface area contributed by atoms with Crippen molar-refractivity contribution in [1.82, 2.24) is 24.6 Å². The van der Waals surface area contributed by atoms with Crippen LogP contribution in [-0.2, 0) is 13.0 Å². The first-order valence-corrected chi connectivity index (χ1v) is 6.79. The highest BCUT2D eigenvalue weighted by Gasteiger charge is 2.21. The molecule has 0 N–H and O–H groups in total. The van der Waals surface area contributed by atoms with Crippen molar-refractivity contribution in [3.8, 4) is 0 Å². The van der Waals surface area contributed by atoms with E-state index in [1.807, 2.05) is 6.92 Å². The van der Waals surface area contributed by atoms with E-state index in [4.69, 9.17) is 0 Å². The lowest BCUT2D eigenvalue weighted by atomic mass is 10.1. The maximum atomic E-state index is 12.4. The van der Waals surface area contributed by atoms with Gasteiger partial charge in [-0.2, -0.15) is 0 Å². The van der Waals surface area contributed by atoms with E-state index in [1.165, 1.54) is 6.20 Å². The van der Waals surface area contributed by atoms with Gasteiger partial charge in [0, 0.05) is 6.54 Å². The molecule has 0 fully saturated rings. The summed E-state index contributed by atoms with van der Waals surface area (Å²) in [6.07, 6.45) is 4.13. The first-order chi connectivity index (χ1) is 8.77. The standard InChI is InChI=1S/C11H15N5OS/c1-3-5-8-11(18-15-13-8)10(17)9-7-12-14-16(9)6-4-2/h7H,3-6H2,1-2H3. The third-order valence-corrected chi connectivity index (χ3v) is 3.30. The van der Waals surface area contributed by atoms with E-state index in [9.17, 15) is 4.79 Å². The molecule has 0 spiro atoms. The normalized spacial score (nSPS) is 10.8. The average molecular weight is 265 g/mol. The van der Waals surface area contributed by atoms with Crippen molar-refractivity contribution in [1.29, 1.82) is 0 Å². The quantitative estimate of drug-likeness (QED) is 0.743. The molecular formula is C11H15N5OS. The largest absolute Gasteiger partial charge is 0.286 e. The van der Waals surface area contributed by atoms with Gasteiger partial charge in [-0.15, -0.1) is 10.2 Å². The molecule has 0 saturated carbocycles. The van der Waals surface area contributed by atoms with Gasteiger partial charge in [-0.3, -0.25) is 4.79 Å². The average Bonchev–Trinajstić information content (AvgIpc) is 2.98. The molecule has 0 saturated heterocycles. The second-order valence-electron chi connectivity index (χ2n) is 3.97. The molecular weight excluding hydrogens is 250 g/mol. The van der Waals surface area contributed by atoms with Crippen LogP contribution >= 0.6 is 11.5 Å². The summed E-state index contributed by atoms with van der Waals surface area (Å²) < 4.78 is 5.50. The van der Waals surface area contributed by atoms with Gasteiger partial charge < -0.3 is 0 Å². The van der Waals surface area contributed by atoms with Crippen LogP contribution < -0.4 is 0 Å². The molecule has 0 atom stereocenters. The number of carbonyl (C=O) groups is 1. The molecule has 2 aromatic heterocycles. The molecule has 0 radical (unpaired) electrons. The van der Waals surface area contributed by atoms with Crippen LogP contribution in [0.1, 0.15) is 47.7 Å². The van der Waals surface area contributed by atoms with Crippen molar-refractivity contribution >= 4 is 17.3 Å². The lowest BCUT2D eigenvalue weighted by molar-refractivity contribution is 0.103. The Morgan fingerprint density at radius 1 is 1.39 bits per heavy atom. The molecule has 2 heterocycles. The number of rotatable bonds is 6. The Morgan fingerprint density at radius 2 is 2.22 bits per heavy atom. The Balaban J connectivity index is 2.29. The predicted octanol–water partition coefficient (Wildman–Crippen LogP) is 1.72. The second-order valence-corrected chi connectivity index (χ2v) is 4.72. The fraction of sp³-hybridized carbons (Fsp3) is 0.545. The van der Waals surface area contributed by atoms with E-state index in [0.717, 1.165) is 36.5 Å². The number of hydrogen-bond donors (Lipinski definition) is 0. The van der Waals surface area contributed by atoms with Gasteiger partial charge in [0.25, 0.3) is 0 Å². The maximum absolute atomic E-state index is 12.4. The van der Waals surface area contributed by atoms with E-state index in [2.05, 4.69) is 26.8 Å². The molecule has 2 aromatic rings. The van der Waals surface area contributed by atoms with Crippen molar-refractivity contribution in [3.05, 3.63) is 22.5 Å². The zero-order chi connectivity index (χ0) is 13.0. The second kappa shape index (κ2) is 5.81. The zero-order valence-electron chi connectivity index (χ0n) is 10.5. The SMILES string of the molecule is CCCc1nnsc1C(=O)c1cnnn1CCC. The summed E-state index contributed by atoms with van der Waals surface area (Å²) in [6, 6.07) is 0. The Labute approximate surface area is 109 Å². The van der Waals surface area contributed by atoms with Gasteiger partial charge in [0.15, 0.2) is 0 Å². The van der Waals surface area contributed by atoms with E-state index in [-0.39, 0.29) is 5.78 Å². The van der Waals surface area contributed by atoms with Crippen LogP contribution in [0.5, 0.6) is 0 Å². The van der Waals surface area contributed by atoms with Crippen molar-refractivity contribution in [2.24, 2.45) is 0 Å². The maximum Gasteiger partial charge on any atom is 0.226 e. The highest BCUT2D eigenvalue weighted by atomic mass is 32.1. The summed E-state index contributed by atoms with van der Waals surface area (Å²) >= 11 is 1.14. The number of nitrogens with zero attached hydrogens (tertiary/aromatic N) is 5. The van der Waals surface area contributed by atoms with E-state index >= 15 is 0 Å². The van der Waals surface area contributed by atoms with Crippen LogP contribution in [0.25, 0.3) is 0 Å². The molecule has 6 nitrogen and oxygen atoms in total. The molecule has 0 aliphatic carbocycles. The Morgan fingerprint density at radius 3 is 2.94 bits per heavy atom. The molecule has 0 unspecified atom stereocenters. The van der Waals surface area contributed by atoms with E-state index in [1.54, 1.807) is 4.68 Å². The van der Waals surface area contributed by atoms with E-state index in [0.29, 0.717) is 17.1 Å². The molecule has 0 aliphatic rings. The minimum Gasteiger partial charge on any atom is -0.286 e. The fourth-order valence-electron chi connectivity index (χ4n) is 1.71. The topological polar surface area (TPSA) is 73.6 Å². The Kier molecular flexibility index (Phi) is 4.14. The fourth-order valence-corrected chi connectivity index (χ4v) is 2.37. The Hall–Kier alpha value is -1.63. The van der Waals surface area contributed by atoms with Crippen molar-refractivity contribution in [2.45, 2.75) is 39.7 Å². The van der Waals surface area contributed by atoms with Gasteiger partial charge in [-0.1, -0.05) is 30.0 Å². The van der Waals surface area contributed by atoms with Crippen LogP contribution in [0, 0.1) is 0 Å². The molecule has 0 aromatic carbocycles. The lowest BCUT2D eigenvalue weighted by Gasteiger charge is -2.02. The molecule has 0 aliphatic heterocycles. The summed E-state index contributed by atoms with van der Waals surface area (Å²) in [5, 5.41) is 11.7. The summed E-state index contributed by atoms with van der Waals surface area (Å²) in [6.45, 7) is 4.78. The summed E-state index contributed by atoms with van der Waals surface area (Å²) in [5.74, 6) is -0.0769. The monoisotopic (exact) mass is 265 g/mol. The van der Waals surface area contributed by atoms with Gasteiger partial charge in [0.05, 0.1) is 11.9 Å². The zero-order valence-corrected chi connectivity index (χ0v) is 11.3. The third kappa shape index (κ3) is 2.45. The first kappa shape index (κ1) is 12.8. The highest BCUT2D eigenvalue weighted by molar-refractivity contribution is 7.08. The molecule has 7 heteroatoms. The van der Waals surface area contributed by atoms with Gasteiger partial charge in [0.1, 0.15) is 10.6 Å². The Bertz CT molecular complexity index is 487. The summed E-state index contributed by atoms with van der Waals surface area (Å²) in [4.78, 5) is 13.0. The minimum absolute atomic E-state index is 0.0769. The van der Waals surface area contributed by atoms with E-state index < -0.39 is 0 Å². The van der Waals surface area contributed by atoms with Crippen molar-refractivity contribution in [3.63, 3.8) is 0 Å². The van der Waals surface area contributed by atoms with Crippen LogP contribution in [0.4, 0.5) is 0 Å². The van der Waals surface area contributed by atoms with Crippen LogP contribution in [0.15, 0.2) is 6.20 Å². The van der Waals surface area contributed by atoms with Crippen LogP contribution in [0.2, 0.25) is 0 Å². The summed E-state index contributed by atoms with van der Waals surface area (Å²) in [7, 11) is 0. The van der Waals surface area contributed by atoms with Crippen LogP contribution in [0.3, 0.4) is 0 Å². The predicted molar refractivity (Wildman–Crippen MR) is 67.6 cm³/mol. The summed E-state index contributed by atoms with van der Waals surface area (Å²) in [5.41, 5.74) is 1.29. The third-order valence-electron chi connectivity index (χ3n) is 2.53. The molecule has 0 bridgehead atoms. The van der Waals surface area contributed by atoms with Gasteiger partial charge in [-0.05, 0) is 24.4 Å².